The minimum atomic E-state index is 0.596. The van der Waals surface area contributed by atoms with E-state index in [-0.39, 0.29) is 0 Å². The van der Waals surface area contributed by atoms with Crippen molar-refractivity contribution in [3.8, 4) is 62.4 Å². The van der Waals surface area contributed by atoms with Crippen LogP contribution in [0.5, 0.6) is 0 Å². The fourth-order valence-corrected chi connectivity index (χ4v) is 8.28. The van der Waals surface area contributed by atoms with Crippen LogP contribution in [-0.2, 0) is 6.42 Å². The summed E-state index contributed by atoms with van der Waals surface area (Å²) in [5.74, 6) is 2.68. The lowest BCUT2D eigenvalue weighted by atomic mass is 9.97. The maximum atomic E-state index is 5.15. The number of para-hydroxylation sites is 5. The van der Waals surface area contributed by atoms with Gasteiger partial charge in [-0.05, 0) is 77.2 Å². The van der Waals surface area contributed by atoms with Gasteiger partial charge in [0.1, 0.15) is 5.82 Å². The van der Waals surface area contributed by atoms with Gasteiger partial charge in [-0.3, -0.25) is 4.57 Å². The van der Waals surface area contributed by atoms with Gasteiger partial charge >= 0.3 is 0 Å². The van der Waals surface area contributed by atoms with E-state index in [0.717, 1.165) is 79.3 Å². The third-order valence-electron chi connectivity index (χ3n) is 11.3. The van der Waals surface area contributed by atoms with Crippen LogP contribution >= 0.6 is 0 Å². The molecule has 3 heterocycles. The van der Waals surface area contributed by atoms with Crippen LogP contribution in [-0.4, -0.2) is 24.5 Å². The topological polar surface area (TPSA) is 59.7 Å². The van der Waals surface area contributed by atoms with Crippen LogP contribution in [0.25, 0.3) is 79.1 Å². The number of rotatable bonds is 8. The lowest BCUT2D eigenvalue weighted by Gasteiger charge is -2.33. The number of anilines is 2. The second kappa shape index (κ2) is 15.5. The molecule has 0 fully saturated rings. The van der Waals surface area contributed by atoms with Crippen molar-refractivity contribution in [3.05, 3.63) is 230 Å². The first-order chi connectivity index (χ1) is 30.2. The zero-order valence-electron chi connectivity index (χ0n) is 33.2. The summed E-state index contributed by atoms with van der Waals surface area (Å²) in [4.78, 5) is 22.9. The van der Waals surface area contributed by atoms with E-state index in [1.54, 1.807) is 0 Å². The van der Waals surface area contributed by atoms with Gasteiger partial charge < -0.3 is 4.90 Å². The lowest BCUT2D eigenvalue weighted by Crippen LogP contribution is -2.20. The molecule has 2 aromatic heterocycles. The highest BCUT2D eigenvalue weighted by atomic mass is 15.2. The first kappa shape index (κ1) is 35.9. The molecule has 0 saturated carbocycles. The van der Waals surface area contributed by atoms with Crippen LogP contribution in [0.2, 0.25) is 0 Å². The molecule has 61 heavy (non-hydrogen) atoms. The quantitative estimate of drug-likeness (QED) is 0.154. The molecule has 0 saturated heterocycles. The number of benzene rings is 8. The molecule has 0 aliphatic carbocycles. The van der Waals surface area contributed by atoms with Gasteiger partial charge in [-0.1, -0.05) is 170 Å². The summed E-state index contributed by atoms with van der Waals surface area (Å²) in [7, 11) is 0. The Labute approximate surface area is 354 Å². The second-order valence-electron chi connectivity index (χ2n) is 15.1. The van der Waals surface area contributed by atoms with E-state index in [1.807, 2.05) is 18.2 Å². The van der Waals surface area contributed by atoms with E-state index in [4.69, 9.17) is 19.9 Å². The molecule has 10 aromatic rings. The number of hydrogen-bond acceptors (Lipinski definition) is 5. The summed E-state index contributed by atoms with van der Waals surface area (Å²) in [6.45, 7) is 0. The molecule has 0 bridgehead atoms. The van der Waals surface area contributed by atoms with Crippen LogP contribution in [0, 0.1) is 0 Å². The van der Waals surface area contributed by atoms with Gasteiger partial charge in [0.25, 0.3) is 0 Å². The van der Waals surface area contributed by atoms with Gasteiger partial charge in [-0.15, -0.1) is 0 Å². The van der Waals surface area contributed by atoms with Crippen molar-refractivity contribution >= 4 is 28.1 Å². The van der Waals surface area contributed by atoms with Crippen molar-refractivity contribution in [1.29, 1.82) is 0 Å². The number of imidazole rings is 1. The van der Waals surface area contributed by atoms with Gasteiger partial charge in [0.05, 0.1) is 11.0 Å². The molecule has 0 spiro atoms. The zero-order chi connectivity index (χ0) is 40.5. The lowest BCUT2D eigenvalue weighted by molar-refractivity contribution is 1.07. The van der Waals surface area contributed by atoms with Crippen LogP contribution < -0.4 is 4.90 Å². The number of fused-ring (bicyclic) bond motifs is 2. The molecule has 0 radical (unpaired) electrons. The Morgan fingerprint density at radius 1 is 0.361 bits per heavy atom. The standard InChI is InChI=1S/C55H38N6/c1-4-15-38(16-5-1)44-18-14-19-45(37-44)54-58-52(41-29-27-40(28-30-41)50-36-35-39-17-10-12-25-49(39)60(50)46-20-6-2-7-21-46)57-53(59-54)42-31-33-43(34-32-42)55-56-48-24-11-13-26-51(48)61(55)47-22-8-3-9-23-47/h1-34,36-37H,35H2. The minimum Gasteiger partial charge on any atom is -0.310 e. The number of nitrogens with zero attached hydrogens (tertiary/aromatic N) is 6. The molecule has 0 amide bonds. The van der Waals surface area contributed by atoms with Crippen molar-refractivity contribution in [2.75, 3.05) is 4.90 Å². The first-order valence-electron chi connectivity index (χ1n) is 20.5. The highest BCUT2D eigenvalue weighted by Gasteiger charge is 2.23. The molecule has 6 heteroatoms. The Hall–Kier alpha value is -8.22. The van der Waals surface area contributed by atoms with Crippen molar-refractivity contribution < 1.29 is 0 Å². The Kier molecular flexibility index (Phi) is 9.13. The monoisotopic (exact) mass is 782 g/mol. The van der Waals surface area contributed by atoms with Crippen molar-refractivity contribution in [2.24, 2.45) is 0 Å². The van der Waals surface area contributed by atoms with Gasteiger partial charge in [-0.2, -0.15) is 0 Å². The molecule has 8 aromatic carbocycles. The Balaban J connectivity index is 0.995. The van der Waals surface area contributed by atoms with E-state index in [2.05, 4.69) is 210 Å². The summed E-state index contributed by atoms with van der Waals surface area (Å²) in [5, 5.41) is 0. The Morgan fingerprint density at radius 3 is 1.59 bits per heavy atom. The molecule has 0 unspecified atom stereocenters. The molecular formula is C55H38N6. The van der Waals surface area contributed by atoms with E-state index in [9.17, 15) is 0 Å². The van der Waals surface area contributed by atoms with Crippen LogP contribution in [0.3, 0.4) is 0 Å². The minimum absolute atomic E-state index is 0.596. The fourth-order valence-electron chi connectivity index (χ4n) is 8.28. The number of allylic oxidation sites excluding steroid dienone is 1. The summed E-state index contributed by atoms with van der Waals surface area (Å²) >= 11 is 0. The molecule has 0 atom stereocenters. The second-order valence-corrected chi connectivity index (χ2v) is 15.1. The normalized spacial score (nSPS) is 12.3. The predicted octanol–water partition coefficient (Wildman–Crippen LogP) is 13.3. The Morgan fingerprint density at radius 2 is 0.885 bits per heavy atom. The fraction of sp³-hybridized carbons (Fsp3) is 0.0182. The molecule has 288 valence electrons. The molecule has 1 aliphatic heterocycles. The van der Waals surface area contributed by atoms with Gasteiger partial charge in [-0.25, -0.2) is 19.9 Å². The average Bonchev–Trinajstić information content (AvgIpc) is 3.74. The molecule has 11 rings (SSSR count). The maximum absolute atomic E-state index is 5.15. The van der Waals surface area contributed by atoms with E-state index >= 15 is 0 Å². The summed E-state index contributed by atoms with van der Waals surface area (Å²) in [5.41, 5.74) is 14.9. The van der Waals surface area contributed by atoms with Gasteiger partial charge in [0.15, 0.2) is 17.5 Å². The van der Waals surface area contributed by atoms with Crippen molar-refractivity contribution in [3.63, 3.8) is 0 Å². The zero-order valence-corrected chi connectivity index (χ0v) is 33.2. The smallest absolute Gasteiger partial charge is 0.164 e. The molecule has 6 nitrogen and oxygen atoms in total. The largest absolute Gasteiger partial charge is 0.310 e. The molecular weight excluding hydrogens is 745 g/mol. The van der Waals surface area contributed by atoms with E-state index in [1.165, 1.54) is 11.3 Å². The molecule has 0 N–H and O–H groups in total. The number of hydrogen-bond donors (Lipinski definition) is 0. The van der Waals surface area contributed by atoms with E-state index in [0.29, 0.717) is 17.5 Å². The maximum Gasteiger partial charge on any atom is 0.164 e. The van der Waals surface area contributed by atoms with E-state index < -0.39 is 0 Å². The first-order valence-corrected chi connectivity index (χ1v) is 20.5. The third kappa shape index (κ3) is 6.86. The van der Waals surface area contributed by atoms with Gasteiger partial charge in [0, 0.05) is 45.0 Å². The van der Waals surface area contributed by atoms with Crippen LogP contribution in [0.15, 0.2) is 218 Å². The molecule has 1 aliphatic rings. The average molecular weight is 783 g/mol. The van der Waals surface area contributed by atoms with Crippen LogP contribution in [0.4, 0.5) is 11.4 Å². The summed E-state index contributed by atoms with van der Waals surface area (Å²) < 4.78 is 2.22. The third-order valence-corrected chi connectivity index (χ3v) is 11.3. The summed E-state index contributed by atoms with van der Waals surface area (Å²) in [6.07, 6.45) is 3.18. The van der Waals surface area contributed by atoms with Crippen molar-refractivity contribution in [2.45, 2.75) is 6.42 Å². The summed E-state index contributed by atoms with van der Waals surface area (Å²) in [6, 6.07) is 73.7. The Bertz CT molecular complexity index is 3190. The van der Waals surface area contributed by atoms with Crippen molar-refractivity contribution in [1.82, 2.24) is 24.5 Å². The highest BCUT2D eigenvalue weighted by Crippen LogP contribution is 2.41. The number of aromatic nitrogens is 5. The van der Waals surface area contributed by atoms with Gasteiger partial charge in [0.2, 0.25) is 0 Å². The van der Waals surface area contributed by atoms with Crippen LogP contribution in [0.1, 0.15) is 11.1 Å². The predicted molar refractivity (Wildman–Crippen MR) is 248 cm³/mol. The SMILES string of the molecule is C1=C(c2ccc(-c3nc(-c4ccc(-c5nc6ccccc6n5-c5ccccc5)cc4)nc(-c4cccc(-c5ccccc5)c4)n3)cc2)N(c2ccccc2)c2ccccc2C1. The highest BCUT2D eigenvalue weighted by molar-refractivity contribution is 5.91.